The zero-order valence-corrected chi connectivity index (χ0v) is 13.5. The van der Waals surface area contributed by atoms with Gasteiger partial charge in [-0.3, -0.25) is 0 Å². The Hall–Kier alpha value is -0.360. The summed E-state index contributed by atoms with van der Waals surface area (Å²) in [5, 5.41) is 1.15. The van der Waals surface area contributed by atoms with Gasteiger partial charge in [0.05, 0.1) is 0 Å². The molecule has 2 nitrogen and oxygen atoms in total. The van der Waals surface area contributed by atoms with Gasteiger partial charge in [-0.25, -0.2) is 4.98 Å². The lowest BCUT2D eigenvalue weighted by Crippen LogP contribution is -2.10. The van der Waals surface area contributed by atoms with Gasteiger partial charge in [-0.1, -0.05) is 45.9 Å². The first-order valence-electron chi connectivity index (χ1n) is 5.44. The summed E-state index contributed by atoms with van der Waals surface area (Å²) in [6.07, 6.45) is 1.79. The highest BCUT2D eigenvalue weighted by Crippen LogP contribution is 2.39. The Bertz CT molecular complexity index is 534. The molecular formula is C13H12Br2N2S. The predicted octanol–water partition coefficient (Wildman–Crippen LogP) is 4.40. The van der Waals surface area contributed by atoms with Crippen LogP contribution >= 0.6 is 43.6 Å². The molecule has 0 spiro atoms. The van der Waals surface area contributed by atoms with E-state index in [0.29, 0.717) is 6.54 Å². The van der Waals surface area contributed by atoms with Crippen molar-refractivity contribution < 1.29 is 0 Å². The number of nitrogens with zero attached hydrogens (tertiary/aromatic N) is 1. The largest absolute Gasteiger partial charge is 0.329 e. The molecule has 1 aromatic heterocycles. The molecule has 1 unspecified atom stereocenters. The van der Waals surface area contributed by atoms with Gasteiger partial charge in [0.15, 0.2) is 0 Å². The van der Waals surface area contributed by atoms with Crippen molar-refractivity contribution in [2.75, 3.05) is 6.54 Å². The quantitative estimate of drug-likeness (QED) is 0.790. The highest BCUT2D eigenvalue weighted by atomic mass is 79.9. The van der Waals surface area contributed by atoms with E-state index in [4.69, 9.17) is 5.73 Å². The molecule has 2 rings (SSSR count). The predicted molar refractivity (Wildman–Crippen MR) is 83.7 cm³/mol. The third kappa shape index (κ3) is 3.35. The number of benzene rings is 1. The Morgan fingerprint density at radius 3 is 2.50 bits per heavy atom. The lowest BCUT2D eigenvalue weighted by atomic mass is 10.1. The molecule has 2 aromatic rings. The average molecular weight is 388 g/mol. The molecule has 0 saturated carbocycles. The summed E-state index contributed by atoms with van der Waals surface area (Å²) in [5.41, 5.74) is 7.08. The van der Waals surface area contributed by atoms with Gasteiger partial charge in [0, 0.05) is 26.9 Å². The summed E-state index contributed by atoms with van der Waals surface area (Å²) in [6.45, 7) is 0.566. The van der Waals surface area contributed by atoms with E-state index in [1.807, 2.05) is 30.3 Å². The second kappa shape index (κ2) is 6.70. The summed E-state index contributed by atoms with van der Waals surface area (Å²) in [4.78, 5) is 4.37. The summed E-state index contributed by atoms with van der Waals surface area (Å²) >= 11 is 8.75. The molecule has 94 valence electrons. The summed E-state index contributed by atoms with van der Waals surface area (Å²) in [6, 6.07) is 12.0. The Kier molecular flexibility index (Phi) is 5.24. The lowest BCUT2D eigenvalue weighted by Gasteiger charge is -2.16. The minimum Gasteiger partial charge on any atom is -0.329 e. The SMILES string of the molecule is NCC(Sc1ncccc1Br)c1ccccc1Br. The van der Waals surface area contributed by atoms with E-state index in [-0.39, 0.29) is 5.25 Å². The molecule has 0 fully saturated rings. The van der Waals surface area contributed by atoms with Gasteiger partial charge in [0.25, 0.3) is 0 Å². The molecule has 0 saturated heterocycles. The first-order valence-corrected chi connectivity index (χ1v) is 7.90. The molecule has 0 bridgehead atoms. The zero-order chi connectivity index (χ0) is 13.0. The topological polar surface area (TPSA) is 38.9 Å². The molecule has 1 atom stereocenters. The van der Waals surface area contributed by atoms with Crippen LogP contribution in [0.1, 0.15) is 10.8 Å². The minimum absolute atomic E-state index is 0.187. The van der Waals surface area contributed by atoms with Crippen molar-refractivity contribution in [3.05, 3.63) is 57.1 Å². The fourth-order valence-electron chi connectivity index (χ4n) is 1.57. The van der Waals surface area contributed by atoms with Gasteiger partial charge in [-0.05, 0) is 39.7 Å². The van der Waals surface area contributed by atoms with Gasteiger partial charge < -0.3 is 5.73 Å². The summed E-state index contributed by atoms with van der Waals surface area (Å²) in [5.74, 6) is 0. The van der Waals surface area contributed by atoms with Crippen molar-refractivity contribution in [1.82, 2.24) is 4.98 Å². The molecular weight excluding hydrogens is 376 g/mol. The maximum Gasteiger partial charge on any atom is 0.111 e. The van der Waals surface area contributed by atoms with Crippen molar-refractivity contribution in [3.63, 3.8) is 0 Å². The van der Waals surface area contributed by atoms with Gasteiger partial charge in [0.2, 0.25) is 0 Å². The number of hydrogen-bond donors (Lipinski definition) is 1. The summed E-state index contributed by atoms with van der Waals surface area (Å²) in [7, 11) is 0. The standard InChI is InChI=1S/C13H12Br2N2S/c14-10-5-2-1-4-9(10)12(8-16)18-13-11(15)6-3-7-17-13/h1-7,12H,8,16H2. The van der Waals surface area contributed by atoms with Crippen LogP contribution in [0, 0.1) is 0 Å². The number of pyridine rings is 1. The van der Waals surface area contributed by atoms with Crippen molar-refractivity contribution >= 4 is 43.6 Å². The van der Waals surface area contributed by atoms with Crippen LogP contribution in [0.25, 0.3) is 0 Å². The molecule has 2 N–H and O–H groups in total. The van der Waals surface area contributed by atoms with Crippen molar-refractivity contribution in [2.45, 2.75) is 10.3 Å². The fourth-order valence-corrected chi connectivity index (χ4v) is 3.82. The number of thioether (sulfide) groups is 1. The zero-order valence-electron chi connectivity index (χ0n) is 9.51. The molecule has 1 heterocycles. The van der Waals surface area contributed by atoms with Crippen molar-refractivity contribution in [3.8, 4) is 0 Å². The third-order valence-electron chi connectivity index (χ3n) is 2.44. The fraction of sp³-hybridized carbons (Fsp3) is 0.154. The summed E-state index contributed by atoms with van der Waals surface area (Å²) < 4.78 is 2.08. The van der Waals surface area contributed by atoms with Crippen LogP contribution in [0.15, 0.2) is 56.6 Å². The molecule has 0 aliphatic rings. The van der Waals surface area contributed by atoms with E-state index in [1.165, 1.54) is 5.56 Å². The van der Waals surface area contributed by atoms with Crippen molar-refractivity contribution in [2.24, 2.45) is 5.73 Å². The van der Waals surface area contributed by atoms with Crippen LogP contribution in [0.5, 0.6) is 0 Å². The van der Waals surface area contributed by atoms with Gasteiger partial charge in [0.1, 0.15) is 5.03 Å². The Morgan fingerprint density at radius 2 is 1.83 bits per heavy atom. The normalized spacial score (nSPS) is 12.4. The number of nitrogens with two attached hydrogens (primary N) is 1. The van der Waals surface area contributed by atoms with Gasteiger partial charge in [-0.15, -0.1) is 0 Å². The van der Waals surface area contributed by atoms with E-state index in [2.05, 4.69) is 42.9 Å². The number of hydrogen-bond acceptors (Lipinski definition) is 3. The molecule has 18 heavy (non-hydrogen) atoms. The first-order chi connectivity index (χ1) is 8.72. The average Bonchev–Trinajstić information content (AvgIpc) is 2.39. The highest BCUT2D eigenvalue weighted by molar-refractivity contribution is 9.10. The van der Waals surface area contributed by atoms with E-state index < -0.39 is 0 Å². The van der Waals surface area contributed by atoms with Crippen LogP contribution in [0.3, 0.4) is 0 Å². The van der Waals surface area contributed by atoms with Crippen molar-refractivity contribution in [1.29, 1.82) is 0 Å². The van der Waals surface area contributed by atoms with E-state index >= 15 is 0 Å². The maximum absolute atomic E-state index is 5.89. The highest BCUT2D eigenvalue weighted by Gasteiger charge is 2.16. The minimum atomic E-state index is 0.187. The Balaban J connectivity index is 2.26. The molecule has 0 aliphatic heterocycles. The lowest BCUT2D eigenvalue weighted by molar-refractivity contribution is 0.928. The molecule has 5 heteroatoms. The van der Waals surface area contributed by atoms with E-state index in [9.17, 15) is 0 Å². The van der Waals surface area contributed by atoms with Crippen LogP contribution in [0.2, 0.25) is 0 Å². The van der Waals surface area contributed by atoms with Crippen LogP contribution in [-0.4, -0.2) is 11.5 Å². The molecule has 1 aromatic carbocycles. The molecule has 0 radical (unpaired) electrons. The smallest absolute Gasteiger partial charge is 0.111 e. The van der Waals surface area contributed by atoms with E-state index in [0.717, 1.165) is 14.0 Å². The first kappa shape index (κ1) is 14.1. The van der Waals surface area contributed by atoms with Crippen LogP contribution in [-0.2, 0) is 0 Å². The Morgan fingerprint density at radius 1 is 1.11 bits per heavy atom. The number of halogens is 2. The number of rotatable bonds is 4. The van der Waals surface area contributed by atoms with Gasteiger partial charge >= 0.3 is 0 Å². The molecule has 0 aliphatic carbocycles. The molecule has 0 amide bonds. The maximum atomic E-state index is 5.89. The third-order valence-corrected chi connectivity index (χ3v) is 5.35. The monoisotopic (exact) mass is 386 g/mol. The Labute approximate surface area is 128 Å². The number of aromatic nitrogens is 1. The van der Waals surface area contributed by atoms with Crippen LogP contribution in [0.4, 0.5) is 0 Å². The van der Waals surface area contributed by atoms with E-state index in [1.54, 1.807) is 18.0 Å². The second-order valence-corrected chi connectivity index (χ2v) is 6.55. The van der Waals surface area contributed by atoms with Gasteiger partial charge in [-0.2, -0.15) is 0 Å². The van der Waals surface area contributed by atoms with Crippen LogP contribution < -0.4 is 5.73 Å². The second-order valence-electron chi connectivity index (χ2n) is 3.65.